The Hall–Kier alpha value is -3.66. The molecule has 1 N–H and O–H groups in total. The van der Waals surface area contributed by atoms with Gasteiger partial charge >= 0.3 is 6.18 Å². The highest BCUT2D eigenvalue weighted by molar-refractivity contribution is 7.86. The number of ether oxygens (including phenoxy) is 1. The Morgan fingerprint density at radius 1 is 0.977 bits per heavy atom. The maximum Gasteiger partial charge on any atom is 0.392 e. The number of hydrogen-bond donors (Lipinski definition) is 1. The molecule has 1 aliphatic rings. The van der Waals surface area contributed by atoms with Gasteiger partial charge in [0.1, 0.15) is 31.5 Å². The van der Waals surface area contributed by atoms with Crippen LogP contribution in [0.15, 0.2) is 46.2 Å². The zero-order valence-electron chi connectivity index (χ0n) is 23.7. The summed E-state index contributed by atoms with van der Waals surface area (Å²) in [6, 6.07) is 6.71. The lowest BCUT2D eigenvalue weighted by atomic mass is 9.87. The first-order chi connectivity index (χ1) is 20.4. The number of hydrogen-bond acceptors (Lipinski definition) is 7. The molecule has 0 saturated carbocycles. The van der Waals surface area contributed by atoms with Gasteiger partial charge in [0.2, 0.25) is 0 Å². The molecule has 15 heteroatoms. The van der Waals surface area contributed by atoms with E-state index < -0.39 is 93.1 Å². The lowest BCUT2D eigenvalue weighted by Crippen LogP contribution is -2.30. The lowest BCUT2D eigenvalue weighted by molar-refractivity contribution is -0.122. The molecule has 1 heterocycles. The number of carbonyl (C=O) groups excluding carboxylic acids is 1. The van der Waals surface area contributed by atoms with Gasteiger partial charge in [-0.05, 0) is 31.0 Å². The molecular formula is C29H26F5O8S2-. The minimum Gasteiger partial charge on any atom is -0.744 e. The highest BCUT2D eigenvalue weighted by atomic mass is 32.2. The van der Waals surface area contributed by atoms with Gasteiger partial charge in [0.05, 0.1) is 6.42 Å². The van der Waals surface area contributed by atoms with Gasteiger partial charge in [-0.2, -0.15) is 21.6 Å². The first-order valence-electron chi connectivity index (χ1n) is 13.1. The van der Waals surface area contributed by atoms with E-state index >= 15 is 8.78 Å². The molecular weight excluding hydrogens is 635 g/mol. The molecule has 3 aromatic carbocycles. The SMILES string of the molecule is CC.CCCc1c(F)cc2c(c1S(=O)(=O)O)Oc1c(S(=O)(=O)[O-])/c(=C/CC(F)(F)F)c(F)cc1=C2c1ccccc1C(C)=O. The molecule has 0 atom stereocenters. The minimum absolute atomic E-state index is 0.0857. The molecule has 0 fully saturated rings. The van der Waals surface area contributed by atoms with Crippen LogP contribution in [0.2, 0.25) is 0 Å². The van der Waals surface area contributed by atoms with Crippen LogP contribution >= 0.6 is 0 Å². The molecule has 44 heavy (non-hydrogen) atoms. The first kappa shape index (κ1) is 34.8. The molecule has 0 saturated heterocycles. The lowest BCUT2D eigenvalue weighted by Gasteiger charge is -2.27. The van der Waals surface area contributed by atoms with Crippen LogP contribution in [0.25, 0.3) is 11.6 Å². The van der Waals surface area contributed by atoms with Crippen LogP contribution in [-0.4, -0.2) is 37.9 Å². The van der Waals surface area contributed by atoms with E-state index in [1.165, 1.54) is 24.3 Å². The first-order valence-corrected chi connectivity index (χ1v) is 15.9. The molecule has 0 aromatic heterocycles. The van der Waals surface area contributed by atoms with E-state index in [1.807, 2.05) is 13.8 Å². The van der Waals surface area contributed by atoms with E-state index in [0.717, 1.165) is 13.0 Å². The van der Waals surface area contributed by atoms with Crippen molar-refractivity contribution in [3.05, 3.63) is 80.7 Å². The predicted molar refractivity (Wildman–Crippen MR) is 148 cm³/mol. The number of benzene rings is 3. The van der Waals surface area contributed by atoms with E-state index in [9.17, 15) is 43.9 Å². The van der Waals surface area contributed by atoms with Crippen molar-refractivity contribution in [2.24, 2.45) is 0 Å². The molecule has 0 spiro atoms. The van der Waals surface area contributed by atoms with Gasteiger partial charge < -0.3 is 9.29 Å². The Labute approximate surface area is 250 Å². The van der Waals surface area contributed by atoms with Crippen molar-refractivity contribution in [1.29, 1.82) is 0 Å². The summed E-state index contributed by atoms with van der Waals surface area (Å²) in [5.41, 5.74) is -1.62. The van der Waals surface area contributed by atoms with Gasteiger partial charge in [-0.1, -0.05) is 57.5 Å². The van der Waals surface area contributed by atoms with Crippen molar-refractivity contribution in [1.82, 2.24) is 0 Å². The molecule has 3 aromatic rings. The van der Waals surface area contributed by atoms with E-state index in [0.29, 0.717) is 6.07 Å². The summed E-state index contributed by atoms with van der Waals surface area (Å²) in [6.07, 6.45) is -6.81. The Bertz CT molecular complexity index is 1990. The van der Waals surface area contributed by atoms with Crippen LogP contribution in [0.3, 0.4) is 0 Å². The fourth-order valence-electron chi connectivity index (χ4n) is 4.80. The Balaban J connectivity index is 0.00000259. The summed E-state index contributed by atoms with van der Waals surface area (Å²) >= 11 is 0. The maximum atomic E-state index is 15.5. The second-order valence-electron chi connectivity index (χ2n) is 9.30. The number of ketones is 1. The predicted octanol–water partition coefficient (Wildman–Crippen LogP) is 5.38. The second-order valence-corrected chi connectivity index (χ2v) is 12.0. The van der Waals surface area contributed by atoms with Gasteiger partial charge in [-0.3, -0.25) is 9.35 Å². The van der Waals surface area contributed by atoms with E-state index in [2.05, 4.69) is 0 Å². The smallest absolute Gasteiger partial charge is 0.392 e. The van der Waals surface area contributed by atoms with Gasteiger partial charge in [0.25, 0.3) is 10.1 Å². The average Bonchev–Trinajstić information content (AvgIpc) is 2.90. The quantitative estimate of drug-likeness (QED) is 0.158. The Kier molecular flexibility index (Phi) is 10.1. The van der Waals surface area contributed by atoms with Crippen molar-refractivity contribution < 1.29 is 57.4 Å². The van der Waals surface area contributed by atoms with Crippen molar-refractivity contribution in [2.45, 2.75) is 62.9 Å². The van der Waals surface area contributed by atoms with Crippen LogP contribution in [0.4, 0.5) is 22.0 Å². The summed E-state index contributed by atoms with van der Waals surface area (Å²) in [5.74, 6) is -5.28. The molecule has 0 bridgehead atoms. The third kappa shape index (κ3) is 6.85. The van der Waals surface area contributed by atoms with Gasteiger partial charge in [-0.15, -0.1) is 0 Å². The van der Waals surface area contributed by atoms with Gasteiger partial charge in [-0.25, -0.2) is 17.2 Å². The summed E-state index contributed by atoms with van der Waals surface area (Å²) in [6.45, 7) is 6.69. The summed E-state index contributed by atoms with van der Waals surface area (Å²) in [4.78, 5) is 9.78. The zero-order valence-corrected chi connectivity index (χ0v) is 25.3. The number of halogens is 5. The third-order valence-corrected chi connectivity index (χ3v) is 8.23. The van der Waals surface area contributed by atoms with Gasteiger partial charge in [0, 0.05) is 32.7 Å². The van der Waals surface area contributed by atoms with Crippen molar-refractivity contribution in [2.75, 3.05) is 0 Å². The summed E-state index contributed by atoms with van der Waals surface area (Å²) < 4.78 is 148. The molecule has 0 radical (unpaired) electrons. The normalized spacial score (nSPS) is 13.4. The highest BCUT2D eigenvalue weighted by Crippen LogP contribution is 2.45. The van der Waals surface area contributed by atoms with E-state index in [4.69, 9.17) is 4.74 Å². The zero-order chi connectivity index (χ0) is 33.4. The monoisotopic (exact) mass is 661 g/mol. The molecule has 238 valence electrons. The number of Topliss-reactive ketones (excluding diaryl/α,β-unsaturated/α-hetero) is 1. The summed E-state index contributed by atoms with van der Waals surface area (Å²) in [5, 5.41) is -1.90. The number of alkyl halides is 3. The largest absolute Gasteiger partial charge is 0.744 e. The molecule has 4 rings (SSSR count). The fraction of sp³-hybridized carbons (Fsp3) is 0.276. The van der Waals surface area contributed by atoms with Crippen LogP contribution in [-0.2, 0) is 26.7 Å². The van der Waals surface area contributed by atoms with Crippen molar-refractivity contribution in [3.63, 3.8) is 0 Å². The average molecular weight is 662 g/mol. The molecule has 0 amide bonds. The van der Waals surface area contributed by atoms with E-state index in [1.54, 1.807) is 6.92 Å². The third-order valence-electron chi connectivity index (χ3n) is 6.37. The number of fused-ring (bicyclic) bond motifs is 2. The minimum atomic E-state index is -5.86. The van der Waals surface area contributed by atoms with Crippen LogP contribution < -0.4 is 15.2 Å². The number of carbonyl (C=O) groups is 1. The molecule has 0 unspecified atom stereocenters. The van der Waals surface area contributed by atoms with Crippen LogP contribution in [0.1, 0.15) is 67.6 Å². The summed E-state index contributed by atoms with van der Waals surface area (Å²) in [7, 11) is -11.2. The molecule has 1 aliphatic heterocycles. The van der Waals surface area contributed by atoms with Crippen molar-refractivity contribution >= 4 is 37.7 Å². The maximum absolute atomic E-state index is 15.5. The number of rotatable bonds is 7. The van der Waals surface area contributed by atoms with Crippen molar-refractivity contribution in [3.8, 4) is 11.5 Å². The standard InChI is InChI=1S/C27H21F5O8S2.C2H6/c1-3-6-16-20(28)11-18-22(15-8-5-4-7-14(15)13(2)33)19-12-21(29)17(9-10-27(30,31)32)26(42(37,38)39)24(19)40-23(18)25(16)41(34,35)36;1-2/h4-5,7-9,11-12H,3,6,10H2,1-2H3,(H,34,35,36)(H,37,38,39);1-2H3/p-1/b17-9+;. The fourth-order valence-corrected chi connectivity index (χ4v) is 6.53. The molecule has 0 aliphatic carbocycles. The molecule has 8 nitrogen and oxygen atoms in total. The Morgan fingerprint density at radius 2 is 1.59 bits per heavy atom. The second kappa shape index (κ2) is 12.8. The van der Waals surface area contributed by atoms with Gasteiger partial charge in [0.15, 0.2) is 17.3 Å². The topological polar surface area (TPSA) is 138 Å². The van der Waals surface area contributed by atoms with Crippen LogP contribution in [0.5, 0.6) is 11.5 Å². The van der Waals surface area contributed by atoms with E-state index in [-0.39, 0.29) is 35.6 Å². The Morgan fingerprint density at radius 3 is 2.11 bits per heavy atom. The van der Waals surface area contributed by atoms with Crippen LogP contribution in [0, 0.1) is 11.6 Å². The highest BCUT2D eigenvalue weighted by Gasteiger charge is 2.36.